The van der Waals surface area contributed by atoms with Gasteiger partial charge in [-0.05, 0) is 38.1 Å². The number of thiophene rings is 1. The molecule has 1 saturated carbocycles. The van der Waals surface area contributed by atoms with Gasteiger partial charge in [-0.25, -0.2) is 0 Å². The van der Waals surface area contributed by atoms with E-state index in [1.165, 1.54) is 4.88 Å². The molecule has 1 amide bonds. The number of nitrogens with zero attached hydrogens (tertiary/aromatic N) is 1. The highest BCUT2D eigenvalue weighted by Crippen LogP contribution is 2.30. The molecular weight excluding hydrogens is 220 g/mol. The zero-order chi connectivity index (χ0) is 11.8. The highest BCUT2D eigenvalue weighted by Gasteiger charge is 2.37. The SMILES string of the molecule is CC(C)(N)C(=O)N(Cc1cccs1)C1CC1. The summed E-state index contributed by atoms with van der Waals surface area (Å²) in [5.74, 6) is 0.0587. The van der Waals surface area contributed by atoms with Gasteiger partial charge in [0.2, 0.25) is 5.91 Å². The van der Waals surface area contributed by atoms with Crippen LogP contribution in [0.5, 0.6) is 0 Å². The van der Waals surface area contributed by atoms with E-state index in [4.69, 9.17) is 5.73 Å². The van der Waals surface area contributed by atoms with Gasteiger partial charge < -0.3 is 10.6 Å². The van der Waals surface area contributed by atoms with Crippen molar-refractivity contribution >= 4 is 17.2 Å². The molecule has 2 rings (SSSR count). The van der Waals surface area contributed by atoms with Gasteiger partial charge >= 0.3 is 0 Å². The lowest BCUT2D eigenvalue weighted by molar-refractivity contribution is -0.137. The van der Waals surface area contributed by atoms with Crippen LogP contribution in [0.4, 0.5) is 0 Å². The summed E-state index contributed by atoms with van der Waals surface area (Å²) >= 11 is 1.69. The van der Waals surface area contributed by atoms with Crippen molar-refractivity contribution in [2.45, 2.75) is 44.8 Å². The quantitative estimate of drug-likeness (QED) is 0.871. The van der Waals surface area contributed by atoms with E-state index >= 15 is 0 Å². The van der Waals surface area contributed by atoms with Crippen molar-refractivity contribution in [3.05, 3.63) is 22.4 Å². The molecule has 0 aliphatic heterocycles. The van der Waals surface area contributed by atoms with Crippen LogP contribution >= 0.6 is 11.3 Å². The van der Waals surface area contributed by atoms with E-state index in [0.717, 1.165) is 12.8 Å². The summed E-state index contributed by atoms with van der Waals surface area (Å²) in [6, 6.07) is 4.50. The van der Waals surface area contributed by atoms with Gasteiger partial charge in [-0.3, -0.25) is 4.79 Å². The third-order valence-corrected chi connectivity index (χ3v) is 3.57. The summed E-state index contributed by atoms with van der Waals surface area (Å²) in [6.45, 7) is 4.26. The molecule has 0 aromatic carbocycles. The molecule has 1 heterocycles. The molecule has 0 bridgehead atoms. The Kier molecular flexibility index (Phi) is 3.04. The van der Waals surface area contributed by atoms with Gasteiger partial charge in [-0.2, -0.15) is 0 Å². The highest BCUT2D eigenvalue weighted by atomic mass is 32.1. The van der Waals surface area contributed by atoms with Crippen LogP contribution in [0.1, 0.15) is 31.6 Å². The summed E-state index contributed by atoms with van der Waals surface area (Å²) in [7, 11) is 0. The molecule has 4 heteroatoms. The first-order valence-electron chi connectivity index (χ1n) is 5.61. The van der Waals surface area contributed by atoms with Crippen LogP contribution in [-0.2, 0) is 11.3 Å². The van der Waals surface area contributed by atoms with Crippen LogP contribution in [0.25, 0.3) is 0 Å². The first-order chi connectivity index (χ1) is 7.48. The largest absolute Gasteiger partial charge is 0.333 e. The fourth-order valence-electron chi connectivity index (χ4n) is 1.69. The zero-order valence-corrected chi connectivity index (χ0v) is 10.6. The fraction of sp³-hybridized carbons (Fsp3) is 0.583. The molecule has 1 aromatic heterocycles. The molecule has 88 valence electrons. The highest BCUT2D eigenvalue weighted by molar-refractivity contribution is 7.09. The molecule has 0 radical (unpaired) electrons. The van der Waals surface area contributed by atoms with Gasteiger partial charge in [0.15, 0.2) is 0 Å². The van der Waals surface area contributed by atoms with E-state index in [1.54, 1.807) is 25.2 Å². The Hall–Kier alpha value is -0.870. The predicted octanol–water partition coefficient (Wildman–Crippen LogP) is 1.98. The van der Waals surface area contributed by atoms with Crippen molar-refractivity contribution < 1.29 is 4.79 Å². The summed E-state index contributed by atoms with van der Waals surface area (Å²) in [4.78, 5) is 15.3. The topological polar surface area (TPSA) is 46.3 Å². The molecule has 3 nitrogen and oxygen atoms in total. The fourth-order valence-corrected chi connectivity index (χ4v) is 2.40. The number of nitrogens with two attached hydrogens (primary N) is 1. The lowest BCUT2D eigenvalue weighted by Crippen LogP contribution is -2.51. The Bertz CT molecular complexity index is 363. The number of carbonyl (C=O) groups excluding carboxylic acids is 1. The third kappa shape index (κ3) is 2.62. The number of hydrogen-bond acceptors (Lipinski definition) is 3. The second kappa shape index (κ2) is 4.18. The van der Waals surface area contributed by atoms with Gasteiger partial charge in [-0.1, -0.05) is 6.07 Å². The maximum Gasteiger partial charge on any atom is 0.242 e. The minimum Gasteiger partial charge on any atom is -0.333 e. The maximum atomic E-state index is 12.2. The first-order valence-corrected chi connectivity index (χ1v) is 6.49. The monoisotopic (exact) mass is 238 g/mol. The third-order valence-electron chi connectivity index (χ3n) is 2.71. The van der Waals surface area contributed by atoms with Crippen LogP contribution in [-0.4, -0.2) is 22.4 Å². The van der Waals surface area contributed by atoms with Crippen molar-refractivity contribution in [3.63, 3.8) is 0 Å². The van der Waals surface area contributed by atoms with Gasteiger partial charge in [0.05, 0.1) is 12.1 Å². The average molecular weight is 238 g/mol. The predicted molar refractivity (Wildman–Crippen MR) is 66.2 cm³/mol. The molecule has 1 fully saturated rings. The van der Waals surface area contributed by atoms with Gasteiger partial charge in [0.25, 0.3) is 0 Å². The van der Waals surface area contributed by atoms with Gasteiger partial charge in [0.1, 0.15) is 0 Å². The molecule has 0 saturated heterocycles. The molecule has 0 unspecified atom stereocenters. The van der Waals surface area contributed by atoms with Crippen molar-refractivity contribution in [3.8, 4) is 0 Å². The molecule has 1 aromatic rings. The molecule has 0 spiro atoms. The second-order valence-electron chi connectivity index (χ2n) is 4.97. The lowest BCUT2D eigenvalue weighted by atomic mass is 10.1. The van der Waals surface area contributed by atoms with E-state index in [2.05, 4.69) is 6.07 Å². The van der Waals surface area contributed by atoms with E-state index in [9.17, 15) is 4.79 Å². The molecule has 2 N–H and O–H groups in total. The number of rotatable bonds is 4. The average Bonchev–Trinajstić information content (AvgIpc) is 2.90. The molecule has 1 aliphatic rings. The standard InChI is InChI=1S/C12H18N2OS/c1-12(2,13)11(15)14(9-5-6-9)8-10-4-3-7-16-10/h3-4,7,9H,5-6,8,13H2,1-2H3. The molecule has 0 atom stereocenters. The number of hydrogen-bond donors (Lipinski definition) is 1. The van der Waals surface area contributed by atoms with Crippen molar-refractivity contribution in [2.24, 2.45) is 5.73 Å². The van der Waals surface area contributed by atoms with Crippen molar-refractivity contribution in [1.82, 2.24) is 4.90 Å². The Morgan fingerprint density at radius 2 is 2.31 bits per heavy atom. The Morgan fingerprint density at radius 1 is 1.62 bits per heavy atom. The van der Waals surface area contributed by atoms with Crippen molar-refractivity contribution in [2.75, 3.05) is 0 Å². The minimum atomic E-state index is -0.764. The van der Waals surface area contributed by atoms with Gasteiger partial charge in [0, 0.05) is 10.9 Å². The van der Waals surface area contributed by atoms with Crippen LogP contribution in [0.2, 0.25) is 0 Å². The molecule has 16 heavy (non-hydrogen) atoms. The smallest absolute Gasteiger partial charge is 0.242 e. The summed E-state index contributed by atoms with van der Waals surface area (Å²) in [5, 5.41) is 2.04. The van der Waals surface area contributed by atoms with Crippen LogP contribution in [0.15, 0.2) is 17.5 Å². The maximum absolute atomic E-state index is 12.2. The van der Waals surface area contributed by atoms with E-state index in [-0.39, 0.29) is 5.91 Å². The molecule has 1 aliphatic carbocycles. The zero-order valence-electron chi connectivity index (χ0n) is 9.77. The Labute approximate surface area is 100 Å². The Morgan fingerprint density at radius 3 is 2.75 bits per heavy atom. The van der Waals surface area contributed by atoms with Crippen LogP contribution in [0.3, 0.4) is 0 Å². The first kappa shape index (κ1) is 11.6. The Balaban J connectivity index is 2.09. The summed E-state index contributed by atoms with van der Waals surface area (Å²) in [5.41, 5.74) is 5.12. The summed E-state index contributed by atoms with van der Waals surface area (Å²) < 4.78 is 0. The number of amides is 1. The summed E-state index contributed by atoms with van der Waals surface area (Å²) in [6.07, 6.45) is 2.24. The van der Waals surface area contributed by atoms with E-state index in [1.807, 2.05) is 16.3 Å². The minimum absolute atomic E-state index is 0.0587. The van der Waals surface area contributed by atoms with Gasteiger partial charge in [-0.15, -0.1) is 11.3 Å². The second-order valence-corrected chi connectivity index (χ2v) is 6.00. The number of carbonyl (C=O) groups is 1. The van der Waals surface area contributed by atoms with Crippen LogP contribution < -0.4 is 5.73 Å². The van der Waals surface area contributed by atoms with E-state index in [0.29, 0.717) is 12.6 Å². The van der Waals surface area contributed by atoms with E-state index < -0.39 is 5.54 Å². The molecular formula is C12H18N2OS. The lowest BCUT2D eigenvalue weighted by Gasteiger charge is -2.29. The normalized spacial score (nSPS) is 16.2. The van der Waals surface area contributed by atoms with Crippen LogP contribution in [0, 0.1) is 0 Å². The van der Waals surface area contributed by atoms with Crippen molar-refractivity contribution in [1.29, 1.82) is 0 Å².